The Hall–Kier alpha value is -0.840. The molecule has 0 aliphatic carbocycles. The van der Waals surface area contributed by atoms with Crippen LogP contribution in [0.25, 0.3) is 0 Å². The third-order valence-corrected chi connectivity index (χ3v) is 4.41. The van der Waals surface area contributed by atoms with Crippen LogP contribution in [0.5, 0.6) is 0 Å². The number of amides is 1. The normalized spacial score (nSPS) is 20.6. The van der Waals surface area contributed by atoms with Crippen LogP contribution in [-0.2, 0) is 7.05 Å². The molecule has 1 aromatic rings. The zero-order valence-corrected chi connectivity index (χ0v) is 11.9. The van der Waals surface area contributed by atoms with Gasteiger partial charge in [0.2, 0.25) is 0 Å². The molecule has 0 spiro atoms. The van der Waals surface area contributed by atoms with E-state index in [1.54, 1.807) is 10.9 Å². The minimum atomic E-state index is 0.126. The third kappa shape index (κ3) is 2.54. The van der Waals surface area contributed by atoms with Gasteiger partial charge in [0, 0.05) is 31.2 Å². The summed E-state index contributed by atoms with van der Waals surface area (Å²) in [5.41, 5.74) is 1.68. The molecular formula is C12H18BrN3O. The SMILES string of the molecule is Cc1c(C(=O)N2CCCC(CBr)C2)cnn1C. The summed E-state index contributed by atoms with van der Waals surface area (Å²) in [7, 11) is 1.86. The van der Waals surface area contributed by atoms with Gasteiger partial charge in [0.1, 0.15) is 0 Å². The molecule has 1 unspecified atom stereocenters. The summed E-state index contributed by atoms with van der Waals surface area (Å²) in [6.07, 6.45) is 3.98. The first kappa shape index (κ1) is 12.6. The Morgan fingerprint density at radius 3 is 3.00 bits per heavy atom. The Morgan fingerprint density at radius 1 is 1.65 bits per heavy atom. The number of carbonyl (C=O) groups excluding carboxylic acids is 1. The Morgan fingerprint density at radius 2 is 2.41 bits per heavy atom. The molecule has 1 aliphatic heterocycles. The standard InChI is InChI=1S/C12H18BrN3O/c1-9-11(7-14-15(9)2)12(17)16-5-3-4-10(6-13)8-16/h7,10H,3-6,8H2,1-2H3. The van der Waals surface area contributed by atoms with Crippen LogP contribution in [-0.4, -0.2) is 39.0 Å². The van der Waals surface area contributed by atoms with Gasteiger partial charge >= 0.3 is 0 Å². The van der Waals surface area contributed by atoms with Crippen molar-refractivity contribution in [2.45, 2.75) is 19.8 Å². The molecule has 94 valence electrons. The first-order valence-electron chi connectivity index (χ1n) is 5.97. The molecule has 0 saturated carbocycles. The summed E-state index contributed by atoms with van der Waals surface area (Å²) in [4.78, 5) is 14.3. The predicted molar refractivity (Wildman–Crippen MR) is 70.4 cm³/mol. The van der Waals surface area contributed by atoms with E-state index in [-0.39, 0.29) is 5.91 Å². The average molecular weight is 300 g/mol. The van der Waals surface area contributed by atoms with Crippen molar-refractivity contribution >= 4 is 21.8 Å². The van der Waals surface area contributed by atoms with E-state index in [4.69, 9.17) is 0 Å². The van der Waals surface area contributed by atoms with Gasteiger partial charge in [0.25, 0.3) is 5.91 Å². The minimum Gasteiger partial charge on any atom is -0.338 e. The number of hydrogen-bond donors (Lipinski definition) is 0. The number of halogens is 1. The van der Waals surface area contributed by atoms with Crippen LogP contribution < -0.4 is 0 Å². The van der Waals surface area contributed by atoms with E-state index in [1.807, 2.05) is 18.9 Å². The number of piperidine rings is 1. The van der Waals surface area contributed by atoms with Crippen molar-refractivity contribution < 1.29 is 4.79 Å². The molecular weight excluding hydrogens is 282 g/mol. The monoisotopic (exact) mass is 299 g/mol. The largest absolute Gasteiger partial charge is 0.338 e. The molecule has 4 nitrogen and oxygen atoms in total. The highest BCUT2D eigenvalue weighted by molar-refractivity contribution is 9.09. The van der Waals surface area contributed by atoms with Crippen LogP contribution in [0.1, 0.15) is 28.9 Å². The molecule has 17 heavy (non-hydrogen) atoms. The summed E-state index contributed by atoms with van der Waals surface area (Å²) in [6, 6.07) is 0. The lowest BCUT2D eigenvalue weighted by atomic mass is 9.99. The van der Waals surface area contributed by atoms with Gasteiger partial charge in [0.15, 0.2) is 0 Å². The summed E-state index contributed by atoms with van der Waals surface area (Å²) < 4.78 is 1.75. The second kappa shape index (κ2) is 5.21. The van der Waals surface area contributed by atoms with Crippen molar-refractivity contribution in [1.29, 1.82) is 0 Å². The molecule has 1 saturated heterocycles. The second-order valence-corrected chi connectivity index (χ2v) is 5.33. The highest BCUT2D eigenvalue weighted by Gasteiger charge is 2.25. The maximum atomic E-state index is 12.4. The summed E-state index contributed by atoms with van der Waals surface area (Å²) >= 11 is 3.51. The molecule has 1 aromatic heterocycles. The molecule has 1 atom stereocenters. The van der Waals surface area contributed by atoms with Crippen LogP contribution in [0, 0.1) is 12.8 Å². The zero-order valence-electron chi connectivity index (χ0n) is 10.3. The summed E-state index contributed by atoms with van der Waals surface area (Å²) in [5.74, 6) is 0.714. The number of alkyl halides is 1. The maximum Gasteiger partial charge on any atom is 0.257 e. The first-order valence-corrected chi connectivity index (χ1v) is 7.09. The number of likely N-dealkylation sites (tertiary alicyclic amines) is 1. The van der Waals surface area contributed by atoms with Gasteiger partial charge < -0.3 is 4.90 Å². The molecule has 0 radical (unpaired) electrons. The number of carbonyl (C=O) groups is 1. The quantitative estimate of drug-likeness (QED) is 0.783. The third-order valence-electron chi connectivity index (χ3n) is 3.49. The molecule has 0 bridgehead atoms. The van der Waals surface area contributed by atoms with Crippen molar-refractivity contribution in [2.24, 2.45) is 13.0 Å². The Balaban J connectivity index is 2.12. The number of hydrogen-bond acceptors (Lipinski definition) is 2. The van der Waals surface area contributed by atoms with Crippen LogP contribution in [0.3, 0.4) is 0 Å². The van der Waals surface area contributed by atoms with E-state index in [0.717, 1.165) is 36.1 Å². The van der Waals surface area contributed by atoms with E-state index in [9.17, 15) is 4.79 Å². The molecule has 2 heterocycles. The number of aromatic nitrogens is 2. The molecule has 1 amide bonds. The summed E-state index contributed by atoms with van der Waals surface area (Å²) in [6.45, 7) is 3.67. The lowest BCUT2D eigenvalue weighted by molar-refractivity contribution is 0.0685. The van der Waals surface area contributed by atoms with Crippen LogP contribution in [0.2, 0.25) is 0 Å². The van der Waals surface area contributed by atoms with Crippen molar-refractivity contribution in [2.75, 3.05) is 18.4 Å². The van der Waals surface area contributed by atoms with Crippen molar-refractivity contribution in [3.05, 3.63) is 17.5 Å². The zero-order chi connectivity index (χ0) is 12.4. The van der Waals surface area contributed by atoms with Crippen molar-refractivity contribution in [1.82, 2.24) is 14.7 Å². The Bertz CT molecular complexity index is 416. The van der Waals surface area contributed by atoms with Crippen molar-refractivity contribution in [3.8, 4) is 0 Å². The molecule has 0 N–H and O–H groups in total. The minimum absolute atomic E-state index is 0.126. The van der Waals surface area contributed by atoms with E-state index in [0.29, 0.717) is 5.92 Å². The van der Waals surface area contributed by atoms with Gasteiger partial charge in [-0.3, -0.25) is 9.48 Å². The molecule has 0 aromatic carbocycles. The maximum absolute atomic E-state index is 12.4. The first-order chi connectivity index (χ1) is 8.13. The fourth-order valence-electron chi connectivity index (χ4n) is 2.25. The van der Waals surface area contributed by atoms with E-state index >= 15 is 0 Å². The van der Waals surface area contributed by atoms with Crippen molar-refractivity contribution in [3.63, 3.8) is 0 Å². The van der Waals surface area contributed by atoms with Gasteiger partial charge in [0.05, 0.1) is 11.8 Å². The Kier molecular flexibility index (Phi) is 3.86. The smallest absolute Gasteiger partial charge is 0.257 e. The van der Waals surface area contributed by atoms with Gasteiger partial charge in [-0.15, -0.1) is 0 Å². The lowest BCUT2D eigenvalue weighted by Crippen LogP contribution is -2.40. The molecule has 1 aliphatic rings. The summed E-state index contributed by atoms with van der Waals surface area (Å²) in [5, 5.41) is 5.11. The van der Waals surface area contributed by atoms with Gasteiger partial charge in [-0.05, 0) is 25.7 Å². The fraction of sp³-hybridized carbons (Fsp3) is 0.667. The average Bonchev–Trinajstić information content (AvgIpc) is 2.69. The van der Waals surface area contributed by atoms with E-state index in [2.05, 4.69) is 21.0 Å². The Labute approximate surface area is 110 Å². The lowest BCUT2D eigenvalue weighted by Gasteiger charge is -2.31. The van der Waals surface area contributed by atoms with Crippen LogP contribution in [0.4, 0.5) is 0 Å². The van der Waals surface area contributed by atoms with E-state index < -0.39 is 0 Å². The molecule has 2 rings (SSSR count). The second-order valence-electron chi connectivity index (χ2n) is 4.68. The van der Waals surface area contributed by atoms with Crippen LogP contribution in [0.15, 0.2) is 6.20 Å². The van der Waals surface area contributed by atoms with Gasteiger partial charge in [-0.2, -0.15) is 5.10 Å². The fourth-order valence-corrected chi connectivity index (χ4v) is 2.78. The number of rotatable bonds is 2. The highest BCUT2D eigenvalue weighted by atomic mass is 79.9. The van der Waals surface area contributed by atoms with Crippen LogP contribution >= 0.6 is 15.9 Å². The number of nitrogens with zero attached hydrogens (tertiary/aromatic N) is 3. The highest BCUT2D eigenvalue weighted by Crippen LogP contribution is 2.20. The molecule has 5 heteroatoms. The topological polar surface area (TPSA) is 38.1 Å². The predicted octanol–water partition coefficient (Wildman–Crippen LogP) is 1.98. The van der Waals surface area contributed by atoms with E-state index in [1.165, 1.54) is 6.42 Å². The number of aryl methyl sites for hydroxylation is 1. The molecule has 1 fully saturated rings. The van der Waals surface area contributed by atoms with Gasteiger partial charge in [-0.1, -0.05) is 15.9 Å². The van der Waals surface area contributed by atoms with Gasteiger partial charge in [-0.25, -0.2) is 0 Å².